The minimum atomic E-state index is -0.774. The predicted molar refractivity (Wildman–Crippen MR) is 83.6 cm³/mol. The van der Waals surface area contributed by atoms with E-state index in [1.165, 1.54) is 7.11 Å². The highest BCUT2D eigenvalue weighted by molar-refractivity contribution is 5.74. The fourth-order valence-electron chi connectivity index (χ4n) is 3.14. The molecule has 0 unspecified atom stereocenters. The molecule has 0 amide bonds. The van der Waals surface area contributed by atoms with Gasteiger partial charge in [-0.15, -0.1) is 0 Å². The highest BCUT2D eigenvalue weighted by atomic mass is 16.7. The van der Waals surface area contributed by atoms with Crippen LogP contribution in [0.1, 0.15) is 18.9 Å². The van der Waals surface area contributed by atoms with Crippen molar-refractivity contribution in [2.45, 2.75) is 50.5 Å². The third-order valence-corrected chi connectivity index (χ3v) is 4.34. The lowest BCUT2D eigenvalue weighted by molar-refractivity contribution is -0.274. The second-order valence-electron chi connectivity index (χ2n) is 6.05. The van der Waals surface area contributed by atoms with Gasteiger partial charge in [-0.05, 0) is 12.5 Å². The number of aliphatic hydroxyl groups excluding tert-OH is 1. The molecule has 2 fully saturated rings. The lowest BCUT2D eigenvalue weighted by Crippen LogP contribution is -2.52. The predicted octanol–water partition coefficient (Wildman–Crippen LogP) is 0.856. The van der Waals surface area contributed by atoms with Crippen LogP contribution in [-0.2, 0) is 30.4 Å². The molecular formula is C17H23NO6. The highest BCUT2D eigenvalue weighted by Gasteiger charge is 2.46. The number of carbonyl (C=O) groups excluding carboxylic acids is 1. The van der Waals surface area contributed by atoms with E-state index in [0.29, 0.717) is 13.0 Å². The molecule has 7 heteroatoms. The van der Waals surface area contributed by atoms with E-state index in [9.17, 15) is 9.90 Å². The van der Waals surface area contributed by atoms with Gasteiger partial charge in [-0.2, -0.15) is 5.06 Å². The van der Waals surface area contributed by atoms with Crippen LogP contribution in [0.15, 0.2) is 30.3 Å². The molecule has 0 aromatic heterocycles. The summed E-state index contributed by atoms with van der Waals surface area (Å²) in [6, 6.07) is 9.53. The summed E-state index contributed by atoms with van der Waals surface area (Å²) < 4.78 is 15.9. The zero-order valence-corrected chi connectivity index (χ0v) is 13.8. The third kappa shape index (κ3) is 3.76. The maximum atomic E-state index is 11.9. The number of rotatable bonds is 4. The normalized spacial score (nSPS) is 34.2. The largest absolute Gasteiger partial charge is 0.467 e. The molecule has 2 aliphatic rings. The van der Waals surface area contributed by atoms with Crippen molar-refractivity contribution < 1.29 is 28.9 Å². The van der Waals surface area contributed by atoms with E-state index in [-0.39, 0.29) is 12.6 Å². The van der Waals surface area contributed by atoms with E-state index in [1.54, 1.807) is 12.0 Å². The number of nitrogens with zero attached hydrogens (tertiary/aromatic N) is 1. The maximum absolute atomic E-state index is 11.9. The topological polar surface area (TPSA) is 77.5 Å². The van der Waals surface area contributed by atoms with Crippen molar-refractivity contribution in [1.29, 1.82) is 0 Å². The first-order valence-electron chi connectivity index (χ1n) is 8.08. The Morgan fingerprint density at radius 1 is 1.38 bits per heavy atom. The number of hydrogen-bond donors (Lipinski definition) is 1. The van der Waals surface area contributed by atoms with Gasteiger partial charge in [0.15, 0.2) is 12.4 Å². The van der Waals surface area contributed by atoms with E-state index in [0.717, 1.165) is 5.56 Å². The molecule has 2 aliphatic heterocycles. The Hall–Kier alpha value is -1.51. The monoisotopic (exact) mass is 337 g/mol. The zero-order valence-electron chi connectivity index (χ0n) is 13.8. The van der Waals surface area contributed by atoms with E-state index >= 15 is 0 Å². The first kappa shape index (κ1) is 17.3. The summed E-state index contributed by atoms with van der Waals surface area (Å²) in [6.07, 6.45) is -1.98. The SMILES string of the molecule is COC(=O)[C@@H]1C[C@H]([C@H]2O[C@@H](C)OC[C@H]2O)N(Cc2ccccc2)O1. The first-order chi connectivity index (χ1) is 11.6. The number of methoxy groups -OCH3 is 1. The fraction of sp³-hybridized carbons (Fsp3) is 0.588. The van der Waals surface area contributed by atoms with Crippen molar-refractivity contribution in [1.82, 2.24) is 5.06 Å². The number of hydroxylamine groups is 2. The number of benzene rings is 1. The van der Waals surface area contributed by atoms with Gasteiger partial charge >= 0.3 is 5.97 Å². The molecule has 2 saturated heterocycles. The maximum Gasteiger partial charge on any atom is 0.337 e. The summed E-state index contributed by atoms with van der Waals surface area (Å²) in [4.78, 5) is 17.7. The number of ether oxygens (including phenoxy) is 3. The highest BCUT2D eigenvalue weighted by Crippen LogP contribution is 2.31. The fourth-order valence-corrected chi connectivity index (χ4v) is 3.14. The second kappa shape index (κ2) is 7.58. The molecule has 7 nitrogen and oxygen atoms in total. The van der Waals surface area contributed by atoms with Crippen molar-refractivity contribution in [2.24, 2.45) is 0 Å². The van der Waals surface area contributed by atoms with Gasteiger partial charge in [0.05, 0.1) is 19.8 Å². The van der Waals surface area contributed by atoms with Gasteiger partial charge in [0.2, 0.25) is 0 Å². The molecule has 1 aromatic rings. The molecular weight excluding hydrogens is 314 g/mol. The zero-order chi connectivity index (χ0) is 17.1. The number of aliphatic hydroxyl groups is 1. The average molecular weight is 337 g/mol. The third-order valence-electron chi connectivity index (χ3n) is 4.34. The van der Waals surface area contributed by atoms with Gasteiger partial charge in [-0.3, -0.25) is 4.84 Å². The van der Waals surface area contributed by atoms with Crippen molar-refractivity contribution >= 4 is 5.97 Å². The van der Waals surface area contributed by atoms with Crippen LogP contribution in [0, 0.1) is 0 Å². The lowest BCUT2D eigenvalue weighted by Gasteiger charge is -2.38. The summed E-state index contributed by atoms with van der Waals surface area (Å²) in [7, 11) is 1.34. The van der Waals surface area contributed by atoms with E-state index in [1.807, 2.05) is 30.3 Å². The molecule has 2 heterocycles. The molecule has 132 valence electrons. The molecule has 5 atom stereocenters. The number of esters is 1. The summed E-state index contributed by atoms with van der Waals surface area (Å²) in [6.45, 7) is 2.47. The molecule has 0 aliphatic carbocycles. The van der Waals surface area contributed by atoms with Crippen LogP contribution >= 0.6 is 0 Å². The summed E-state index contributed by atoms with van der Waals surface area (Å²) in [5.74, 6) is -0.426. The minimum Gasteiger partial charge on any atom is -0.467 e. The van der Waals surface area contributed by atoms with Crippen molar-refractivity contribution in [3.05, 3.63) is 35.9 Å². The Bertz CT molecular complexity index is 553. The minimum absolute atomic E-state index is 0.199. The van der Waals surface area contributed by atoms with Crippen LogP contribution in [0.4, 0.5) is 0 Å². The van der Waals surface area contributed by atoms with Gasteiger partial charge in [0.1, 0.15) is 12.2 Å². The van der Waals surface area contributed by atoms with Crippen LogP contribution in [0.3, 0.4) is 0 Å². The number of carbonyl (C=O) groups is 1. The van der Waals surface area contributed by atoms with Crippen LogP contribution in [0.25, 0.3) is 0 Å². The Balaban J connectivity index is 1.78. The average Bonchev–Trinajstić information content (AvgIpc) is 3.01. The molecule has 1 N–H and O–H groups in total. The molecule has 0 saturated carbocycles. The van der Waals surface area contributed by atoms with Crippen molar-refractivity contribution in [3.63, 3.8) is 0 Å². The van der Waals surface area contributed by atoms with Crippen LogP contribution in [0.5, 0.6) is 0 Å². The second-order valence-corrected chi connectivity index (χ2v) is 6.05. The van der Waals surface area contributed by atoms with E-state index < -0.39 is 30.6 Å². The summed E-state index contributed by atoms with van der Waals surface area (Å²) in [5.41, 5.74) is 1.04. The Labute approximate surface area is 141 Å². The smallest absolute Gasteiger partial charge is 0.337 e. The first-order valence-corrected chi connectivity index (χ1v) is 8.08. The van der Waals surface area contributed by atoms with Gasteiger partial charge in [-0.1, -0.05) is 30.3 Å². The molecule has 0 spiro atoms. The van der Waals surface area contributed by atoms with Crippen LogP contribution in [-0.4, -0.2) is 60.5 Å². The van der Waals surface area contributed by atoms with Crippen molar-refractivity contribution in [3.8, 4) is 0 Å². The van der Waals surface area contributed by atoms with Gasteiger partial charge < -0.3 is 19.3 Å². The van der Waals surface area contributed by atoms with Gasteiger partial charge in [0.25, 0.3) is 0 Å². The van der Waals surface area contributed by atoms with Crippen LogP contribution in [0.2, 0.25) is 0 Å². The molecule has 24 heavy (non-hydrogen) atoms. The lowest BCUT2D eigenvalue weighted by atomic mass is 9.99. The van der Waals surface area contributed by atoms with Gasteiger partial charge in [0, 0.05) is 13.0 Å². The molecule has 3 rings (SSSR count). The van der Waals surface area contributed by atoms with Gasteiger partial charge in [-0.25, -0.2) is 4.79 Å². The summed E-state index contributed by atoms with van der Waals surface area (Å²) >= 11 is 0. The number of hydrogen-bond acceptors (Lipinski definition) is 7. The quantitative estimate of drug-likeness (QED) is 0.816. The van der Waals surface area contributed by atoms with E-state index in [2.05, 4.69) is 0 Å². The van der Waals surface area contributed by atoms with Crippen molar-refractivity contribution in [2.75, 3.05) is 13.7 Å². The Morgan fingerprint density at radius 3 is 2.83 bits per heavy atom. The summed E-state index contributed by atoms with van der Waals surface area (Å²) in [5, 5.41) is 12.0. The van der Waals surface area contributed by atoms with E-state index in [4.69, 9.17) is 19.0 Å². The Morgan fingerprint density at radius 2 is 2.12 bits per heavy atom. The standard InChI is InChI=1S/C17H23NO6/c1-11-22-10-14(19)16(23-11)13-8-15(17(20)21-2)24-18(13)9-12-6-4-3-5-7-12/h3-7,11,13-16,19H,8-10H2,1-2H3/t11-,13+,14+,15-,16+/m0/s1. The molecule has 0 bridgehead atoms. The molecule has 0 radical (unpaired) electrons. The Kier molecular flexibility index (Phi) is 5.47. The van der Waals surface area contributed by atoms with Crippen LogP contribution < -0.4 is 0 Å². The molecule has 1 aromatic carbocycles.